The third-order valence-corrected chi connectivity index (χ3v) is 3.54. The summed E-state index contributed by atoms with van der Waals surface area (Å²) in [5.74, 6) is 1.27. The number of ether oxygens (including phenoxy) is 1. The highest BCUT2D eigenvalue weighted by atomic mass is 32.2. The molecule has 1 heterocycles. The lowest BCUT2D eigenvalue weighted by Crippen LogP contribution is -2.25. The molecule has 1 rings (SSSR count). The summed E-state index contributed by atoms with van der Waals surface area (Å²) in [4.78, 5) is 2.35. The van der Waals surface area contributed by atoms with Crippen molar-refractivity contribution < 1.29 is 4.74 Å². The van der Waals surface area contributed by atoms with Crippen LogP contribution in [-0.2, 0) is 11.3 Å². The zero-order chi connectivity index (χ0) is 12.7. The Morgan fingerprint density at radius 3 is 2.65 bits per heavy atom. The number of thioether (sulfide) groups is 1. The Bertz CT molecular complexity index is 345. The van der Waals surface area contributed by atoms with Gasteiger partial charge in [-0.2, -0.15) is 0 Å². The normalized spacial score (nSPS) is 10.3. The predicted molar refractivity (Wildman–Crippen MR) is 75.9 cm³/mol. The average Bonchev–Trinajstić information content (AvgIpc) is 2.75. The van der Waals surface area contributed by atoms with E-state index in [0.717, 1.165) is 19.6 Å². The molecule has 0 unspecified atom stereocenters. The van der Waals surface area contributed by atoms with Crippen molar-refractivity contribution in [2.45, 2.75) is 25.4 Å². The van der Waals surface area contributed by atoms with E-state index in [1.165, 1.54) is 17.1 Å². The van der Waals surface area contributed by atoms with Crippen LogP contribution in [0.4, 0.5) is 5.82 Å². The topological polar surface area (TPSA) is 17.4 Å². The summed E-state index contributed by atoms with van der Waals surface area (Å²) >= 11 is 1.77. The van der Waals surface area contributed by atoms with Gasteiger partial charge in [-0.15, -0.1) is 11.8 Å². The van der Waals surface area contributed by atoms with Crippen molar-refractivity contribution in [3.63, 3.8) is 0 Å². The van der Waals surface area contributed by atoms with Gasteiger partial charge in [-0.05, 0) is 32.2 Å². The molecule has 1 aromatic rings. The van der Waals surface area contributed by atoms with E-state index in [4.69, 9.17) is 4.74 Å². The lowest BCUT2D eigenvalue weighted by atomic mass is 10.4. The van der Waals surface area contributed by atoms with Crippen molar-refractivity contribution in [2.75, 3.05) is 30.9 Å². The lowest BCUT2D eigenvalue weighted by molar-refractivity contribution is 0.234. The minimum atomic E-state index is 0.667. The minimum Gasteiger partial charge on any atom is -0.500 e. The second-order valence-corrected chi connectivity index (χ2v) is 4.42. The molecule has 0 bridgehead atoms. The molecular weight excluding hydrogens is 232 g/mol. The predicted octanol–water partition coefficient (Wildman–Crippen LogP) is 3.22. The fourth-order valence-corrected chi connectivity index (χ4v) is 2.50. The van der Waals surface area contributed by atoms with Crippen LogP contribution < -0.4 is 4.90 Å². The zero-order valence-corrected chi connectivity index (χ0v) is 11.8. The number of anilines is 1. The highest BCUT2D eigenvalue weighted by Gasteiger charge is 2.11. The number of hydrogen-bond donors (Lipinski definition) is 0. The van der Waals surface area contributed by atoms with Crippen LogP contribution in [-0.4, -0.2) is 30.5 Å². The first-order chi connectivity index (χ1) is 8.28. The van der Waals surface area contributed by atoms with Crippen LogP contribution in [0.15, 0.2) is 30.0 Å². The Hall–Kier alpha value is -1.03. The molecule has 17 heavy (non-hydrogen) atoms. The maximum atomic E-state index is 5.22. The van der Waals surface area contributed by atoms with Gasteiger partial charge in [0.15, 0.2) is 0 Å². The Morgan fingerprint density at radius 2 is 2.12 bits per heavy atom. The molecule has 3 nitrogen and oxygen atoms in total. The van der Waals surface area contributed by atoms with Crippen molar-refractivity contribution in [1.82, 2.24) is 4.57 Å². The summed E-state index contributed by atoms with van der Waals surface area (Å²) in [7, 11) is 0. The van der Waals surface area contributed by atoms with Gasteiger partial charge in [-0.1, -0.05) is 6.58 Å². The molecule has 1 aromatic heterocycles. The summed E-state index contributed by atoms with van der Waals surface area (Å²) in [5, 5.41) is 1.28. The fourth-order valence-electron chi connectivity index (χ4n) is 1.89. The number of aromatic nitrogens is 1. The standard InChI is InChI=1S/C13H22N2OS/c1-5-14(6-2)12-8-9-13(17-4)15(12)10-11-16-7-3/h7-9H,3,5-6,10-11H2,1-2,4H3. The number of hydrogen-bond acceptors (Lipinski definition) is 3. The molecular formula is C13H22N2OS. The largest absolute Gasteiger partial charge is 0.500 e. The molecule has 0 saturated heterocycles. The second kappa shape index (κ2) is 7.33. The van der Waals surface area contributed by atoms with Gasteiger partial charge in [-0.25, -0.2) is 0 Å². The molecule has 0 amide bonds. The van der Waals surface area contributed by atoms with Crippen LogP contribution in [0.1, 0.15) is 13.8 Å². The van der Waals surface area contributed by atoms with Gasteiger partial charge in [-0.3, -0.25) is 0 Å². The molecule has 0 saturated carbocycles. The van der Waals surface area contributed by atoms with Gasteiger partial charge >= 0.3 is 0 Å². The van der Waals surface area contributed by atoms with Gasteiger partial charge in [0.05, 0.1) is 17.8 Å². The van der Waals surface area contributed by atoms with E-state index >= 15 is 0 Å². The third-order valence-electron chi connectivity index (χ3n) is 2.76. The smallest absolute Gasteiger partial charge is 0.109 e. The number of rotatable bonds is 8. The minimum absolute atomic E-state index is 0.667. The van der Waals surface area contributed by atoms with Crippen LogP contribution in [0.5, 0.6) is 0 Å². The maximum Gasteiger partial charge on any atom is 0.109 e. The molecule has 0 atom stereocenters. The van der Waals surface area contributed by atoms with E-state index < -0.39 is 0 Å². The van der Waals surface area contributed by atoms with E-state index in [-0.39, 0.29) is 0 Å². The fraction of sp³-hybridized carbons (Fsp3) is 0.538. The van der Waals surface area contributed by atoms with Crippen LogP contribution in [0.2, 0.25) is 0 Å². The van der Waals surface area contributed by atoms with Crippen molar-refractivity contribution >= 4 is 17.6 Å². The molecule has 0 aliphatic heterocycles. The Morgan fingerprint density at radius 1 is 1.41 bits per heavy atom. The molecule has 0 fully saturated rings. The summed E-state index contributed by atoms with van der Waals surface area (Å²) < 4.78 is 7.53. The summed E-state index contributed by atoms with van der Waals surface area (Å²) in [6.07, 6.45) is 3.60. The Balaban J connectivity index is 2.88. The van der Waals surface area contributed by atoms with E-state index in [9.17, 15) is 0 Å². The van der Waals surface area contributed by atoms with Gasteiger partial charge in [0, 0.05) is 13.1 Å². The van der Waals surface area contributed by atoms with Gasteiger partial charge < -0.3 is 14.2 Å². The molecule has 0 radical (unpaired) electrons. The van der Waals surface area contributed by atoms with Crippen molar-refractivity contribution in [3.8, 4) is 0 Å². The Labute approximate surface area is 108 Å². The van der Waals surface area contributed by atoms with Crippen LogP contribution in [0, 0.1) is 0 Å². The highest BCUT2D eigenvalue weighted by Crippen LogP contribution is 2.25. The van der Waals surface area contributed by atoms with Crippen LogP contribution >= 0.6 is 11.8 Å². The molecule has 0 spiro atoms. The van der Waals surface area contributed by atoms with Crippen molar-refractivity contribution in [2.24, 2.45) is 0 Å². The first-order valence-corrected chi connectivity index (χ1v) is 7.21. The highest BCUT2D eigenvalue weighted by molar-refractivity contribution is 7.98. The Kier molecular flexibility index (Phi) is 6.05. The summed E-state index contributed by atoms with van der Waals surface area (Å²) in [6.45, 7) is 11.5. The monoisotopic (exact) mass is 254 g/mol. The van der Waals surface area contributed by atoms with E-state index in [2.05, 4.69) is 48.3 Å². The average molecular weight is 254 g/mol. The second-order valence-electron chi connectivity index (χ2n) is 3.60. The summed E-state index contributed by atoms with van der Waals surface area (Å²) in [6, 6.07) is 4.36. The maximum absolute atomic E-state index is 5.22. The van der Waals surface area contributed by atoms with Gasteiger partial charge in [0.1, 0.15) is 12.4 Å². The van der Waals surface area contributed by atoms with Gasteiger partial charge in [0.2, 0.25) is 0 Å². The quantitative estimate of drug-likeness (QED) is 0.403. The summed E-state index contributed by atoms with van der Waals surface area (Å²) in [5.41, 5.74) is 0. The van der Waals surface area contributed by atoms with E-state index in [1.54, 1.807) is 11.8 Å². The molecule has 0 N–H and O–H groups in total. The molecule has 4 heteroatoms. The van der Waals surface area contributed by atoms with Crippen LogP contribution in [0.25, 0.3) is 0 Å². The molecule has 0 aromatic carbocycles. The number of nitrogens with zero attached hydrogens (tertiary/aromatic N) is 2. The van der Waals surface area contributed by atoms with E-state index in [0.29, 0.717) is 6.61 Å². The molecule has 0 aliphatic rings. The van der Waals surface area contributed by atoms with Gasteiger partial charge in [0.25, 0.3) is 0 Å². The molecule has 0 aliphatic carbocycles. The van der Waals surface area contributed by atoms with Crippen LogP contribution in [0.3, 0.4) is 0 Å². The van der Waals surface area contributed by atoms with E-state index in [1.807, 2.05) is 0 Å². The van der Waals surface area contributed by atoms with Crippen molar-refractivity contribution in [3.05, 3.63) is 25.0 Å². The zero-order valence-electron chi connectivity index (χ0n) is 11.0. The molecule has 96 valence electrons. The first kappa shape index (κ1) is 14.0. The lowest BCUT2D eigenvalue weighted by Gasteiger charge is -2.23. The third kappa shape index (κ3) is 3.46. The van der Waals surface area contributed by atoms with Crippen molar-refractivity contribution in [1.29, 1.82) is 0 Å². The first-order valence-electron chi connectivity index (χ1n) is 5.99. The SMILES string of the molecule is C=COCCn1c(SC)ccc1N(CC)CC.